The molecule has 0 atom stereocenters. The zero-order valence-electron chi connectivity index (χ0n) is 15.2. The second-order valence-corrected chi connectivity index (χ2v) is 6.71. The van der Waals surface area contributed by atoms with Crippen LogP contribution in [0, 0.1) is 0 Å². The van der Waals surface area contributed by atoms with Crippen molar-refractivity contribution < 1.29 is 4.79 Å². The molecule has 0 bridgehead atoms. The van der Waals surface area contributed by atoms with Crippen LogP contribution in [0.15, 0.2) is 60.3 Å². The molecule has 4 heteroatoms. The van der Waals surface area contributed by atoms with Crippen LogP contribution in [-0.4, -0.2) is 24.0 Å². The number of carbonyl (C=O) groups is 1. The van der Waals surface area contributed by atoms with Crippen LogP contribution in [0.4, 0.5) is 5.82 Å². The standard InChI is InChI=1S/C22H27N3O/c26-22(25-15-12-19-9-5-2-6-10-19)20-13-16-24-21(17-20)23-14-11-18-7-3-1-4-8-18/h1,3-4,7-9,13,16-17H,2,5-6,10-12,14-15H2,(H,23,24)(H,25,26). The van der Waals surface area contributed by atoms with Crippen LogP contribution >= 0.6 is 0 Å². The van der Waals surface area contributed by atoms with E-state index in [2.05, 4.69) is 33.8 Å². The van der Waals surface area contributed by atoms with Crippen molar-refractivity contribution in [1.82, 2.24) is 10.3 Å². The minimum Gasteiger partial charge on any atom is -0.370 e. The molecule has 0 aliphatic heterocycles. The van der Waals surface area contributed by atoms with Gasteiger partial charge >= 0.3 is 0 Å². The van der Waals surface area contributed by atoms with E-state index >= 15 is 0 Å². The second kappa shape index (κ2) is 9.76. The molecule has 0 saturated heterocycles. The molecule has 0 fully saturated rings. The molecular formula is C22H27N3O. The lowest BCUT2D eigenvalue weighted by Gasteiger charge is -2.13. The number of nitrogens with zero attached hydrogens (tertiary/aromatic N) is 1. The van der Waals surface area contributed by atoms with Crippen molar-refractivity contribution in [2.45, 2.75) is 38.5 Å². The van der Waals surface area contributed by atoms with E-state index in [4.69, 9.17) is 0 Å². The van der Waals surface area contributed by atoms with Gasteiger partial charge in [0.25, 0.3) is 5.91 Å². The summed E-state index contributed by atoms with van der Waals surface area (Å²) in [6, 6.07) is 13.9. The van der Waals surface area contributed by atoms with Crippen LogP contribution in [0.25, 0.3) is 0 Å². The van der Waals surface area contributed by atoms with E-state index in [9.17, 15) is 4.79 Å². The second-order valence-electron chi connectivity index (χ2n) is 6.71. The van der Waals surface area contributed by atoms with Crippen molar-refractivity contribution in [2.24, 2.45) is 0 Å². The summed E-state index contributed by atoms with van der Waals surface area (Å²) in [7, 11) is 0. The Morgan fingerprint density at radius 1 is 1.04 bits per heavy atom. The van der Waals surface area contributed by atoms with Gasteiger partial charge in [-0.25, -0.2) is 4.98 Å². The van der Waals surface area contributed by atoms with Gasteiger partial charge in [0.2, 0.25) is 0 Å². The van der Waals surface area contributed by atoms with E-state index in [-0.39, 0.29) is 5.91 Å². The first-order valence-corrected chi connectivity index (χ1v) is 9.51. The number of anilines is 1. The van der Waals surface area contributed by atoms with Gasteiger partial charge in [-0.2, -0.15) is 0 Å². The van der Waals surface area contributed by atoms with Gasteiger partial charge in [-0.05, 0) is 56.2 Å². The highest BCUT2D eigenvalue weighted by Crippen LogP contribution is 2.19. The van der Waals surface area contributed by atoms with Crippen LogP contribution in [0.3, 0.4) is 0 Å². The molecule has 1 amide bonds. The monoisotopic (exact) mass is 349 g/mol. The van der Waals surface area contributed by atoms with Crippen molar-refractivity contribution in [3.05, 3.63) is 71.4 Å². The number of allylic oxidation sites excluding steroid dienone is 1. The molecule has 2 N–H and O–H groups in total. The molecule has 26 heavy (non-hydrogen) atoms. The molecule has 1 aromatic carbocycles. The number of nitrogens with one attached hydrogen (secondary N) is 2. The maximum absolute atomic E-state index is 12.3. The van der Waals surface area contributed by atoms with Gasteiger partial charge < -0.3 is 10.6 Å². The highest BCUT2D eigenvalue weighted by molar-refractivity contribution is 5.94. The van der Waals surface area contributed by atoms with Crippen LogP contribution in [0.1, 0.15) is 48.0 Å². The highest BCUT2D eigenvalue weighted by Gasteiger charge is 2.08. The Bertz CT molecular complexity index is 740. The van der Waals surface area contributed by atoms with Gasteiger partial charge in [-0.1, -0.05) is 42.0 Å². The molecule has 3 rings (SSSR count). The summed E-state index contributed by atoms with van der Waals surface area (Å²) in [5.74, 6) is 0.707. The first kappa shape index (κ1) is 18.2. The van der Waals surface area contributed by atoms with E-state index in [0.717, 1.165) is 25.2 Å². The smallest absolute Gasteiger partial charge is 0.251 e. The number of benzene rings is 1. The average Bonchev–Trinajstić information content (AvgIpc) is 2.70. The minimum absolute atomic E-state index is 0.0325. The number of hydrogen-bond donors (Lipinski definition) is 2. The molecule has 0 radical (unpaired) electrons. The van der Waals surface area contributed by atoms with Crippen molar-refractivity contribution >= 4 is 11.7 Å². The quantitative estimate of drug-likeness (QED) is 0.696. The number of pyridine rings is 1. The van der Waals surface area contributed by atoms with E-state index in [1.807, 2.05) is 24.3 Å². The molecule has 1 heterocycles. The molecule has 136 valence electrons. The fraction of sp³-hybridized carbons (Fsp3) is 0.364. The van der Waals surface area contributed by atoms with Gasteiger partial charge in [0.1, 0.15) is 5.82 Å². The van der Waals surface area contributed by atoms with Crippen molar-refractivity contribution in [3.63, 3.8) is 0 Å². The normalized spacial score (nSPS) is 13.8. The predicted octanol–water partition coefficient (Wildman–Crippen LogP) is 4.36. The van der Waals surface area contributed by atoms with Gasteiger partial charge in [0, 0.05) is 24.8 Å². The molecule has 0 saturated carbocycles. The Morgan fingerprint density at radius 3 is 2.73 bits per heavy atom. The predicted molar refractivity (Wildman–Crippen MR) is 106 cm³/mol. The first-order chi connectivity index (χ1) is 12.8. The Balaban J connectivity index is 1.45. The Kier molecular flexibility index (Phi) is 6.82. The number of amides is 1. The summed E-state index contributed by atoms with van der Waals surface area (Å²) in [4.78, 5) is 16.7. The van der Waals surface area contributed by atoms with E-state index in [0.29, 0.717) is 12.1 Å². The number of carbonyl (C=O) groups excluding carboxylic acids is 1. The topological polar surface area (TPSA) is 54.0 Å². The van der Waals surface area contributed by atoms with Gasteiger partial charge in [0.15, 0.2) is 0 Å². The maximum Gasteiger partial charge on any atom is 0.251 e. The third kappa shape index (κ3) is 5.73. The molecule has 1 aliphatic carbocycles. The van der Waals surface area contributed by atoms with Crippen LogP contribution in [0.5, 0.6) is 0 Å². The summed E-state index contributed by atoms with van der Waals surface area (Å²) < 4.78 is 0. The van der Waals surface area contributed by atoms with Crippen molar-refractivity contribution in [3.8, 4) is 0 Å². The number of hydrogen-bond acceptors (Lipinski definition) is 3. The van der Waals surface area contributed by atoms with Gasteiger partial charge in [0.05, 0.1) is 0 Å². The van der Waals surface area contributed by atoms with Crippen molar-refractivity contribution in [2.75, 3.05) is 18.4 Å². The summed E-state index contributed by atoms with van der Waals surface area (Å²) in [5, 5.41) is 6.32. The summed E-state index contributed by atoms with van der Waals surface area (Å²) in [5.41, 5.74) is 3.42. The van der Waals surface area contributed by atoms with Crippen LogP contribution in [0.2, 0.25) is 0 Å². The maximum atomic E-state index is 12.3. The van der Waals surface area contributed by atoms with E-state index in [1.165, 1.54) is 36.8 Å². The van der Waals surface area contributed by atoms with Crippen molar-refractivity contribution in [1.29, 1.82) is 0 Å². The molecule has 1 aromatic heterocycles. The lowest BCUT2D eigenvalue weighted by atomic mass is 9.97. The van der Waals surface area contributed by atoms with E-state index < -0.39 is 0 Å². The largest absolute Gasteiger partial charge is 0.370 e. The lowest BCUT2D eigenvalue weighted by Crippen LogP contribution is -2.25. The third-order valence-electron chi connectivity index (χ3n) is 4.70. The minimum atomic E-state index is -0.0325. The summed E-state index contributed by atoms with van der Waals surface area (Å²) in [6.07, 6.45) is 10.8. The van der Waals surface area contributed by atoms with Crippen LogP contribution < -0.4 is 10.6 Å². The van der Waals surface area contributed by atoms with Gasteiger partial charge in [-0.15, -0.1) is 0 Å². The summed E-state index contributed by atoms with van der Waals surface area (Å²) in [6.45, 7) is 1.49. The zero-order chi connectivity index (χ0) is 18.0. The lowest BCUT2D eigenvalue weighted by molar-refractivity contribution is 0.0954. The third-order valence-corrected chi connectivity index (χ3v) is 4.70. The molecule has 4 nitrogen and oxygen atoms in total. The first-order valence-electron chi connectivity index (χ1n) is 9.51. The molecule has 0 unspecified atom stereocenters. The number of rotatable bonds is 8. The molecule has 0 spiro atoms. The number of aromatic nitrogens is 1. The molecule has 2 aromatic rings. The Morgan fingerprint density at radius 2 is 1.92 bits per heavy atom. The van der Waals surface area contributed by atoms with Gasteiger partial charge in [-0.3, -0.25) is 4.79 Å². The highest BCUT2D eigenvalue weighted by atomic mass is 16.1. The Labute approximate surface area is 155 Å². The molecular weight excluding hydrogens is 322 g/mol. The SMILES string of the molecule is O=C(NCCC1=CCCCC1)c1ccnc(NCCc2ccccc2)c1. The van der Waals surface area contributed by atoms with E-state index in [1.54, 1.807) is 12.3 Å². The van der Waals surface area contributed by atoms with Crippen LogP contribution in [-0.2, 0) is 6.42 Å². The molecule has 1 aliphatic rings. The average molecular weight is 349 g/mol. The Hall–Kier alpha value is -2.62. The summed E-state index contributed by atoms with van der Waals surface area (Å²) >= 11 is 0. The fourth-order valence-electron chi connectivity index (χ4n) is 3.22. The fourth-order valence-corrected chi connectivity index (χ4v) is 3.22. The zero-order valence-corrected chi connectivity index (χ0v) is 15.2.